The molecule has 104 valence electrons. The first-order valence-electron chi connectivity index (χ1n) is 6.20. The van der Waals surface area contributed by atoms with E-state index in [4.69, 9.17) is 11.0 Å². The van der Waals surface area contributed by atoms with Gasteiger partial charge in [-0.2, -0.15) is 5.26 Å². The summed E-state index contributed by atoms with van der Waals surface area (Å²) >= 11 is 3.33. The Labute approximate surface area is 125 Å². The highest BCUT2D eigenvalue weighted by molar-refractivity contribution is 9.10. The molecule has 5 heteroatoms. The summed E-state index contributed by atoms with van der Waals surface area (Å²) in [5.41, 5.74) is 6.12. The van der Waals surface area contributed by atoms with Crippen LogP contribution in [0.1, 0.15) is 33.1 Å². The summed E-state index contributed by atoms with van der Waals surface area (Å²) in [6.07, 6.45) is 2.58. The van der Waals surface area contributed by atoms with Crippen LogP contribution in [0, 0.1) is 16.7 Å². The van der Waals surface area contributed by atoms with Gasteiger partial charge in [0, 0.05) is 15.9 Å². The molecule has 1 aromatic rings. The van der Waals surface area contributed by atoms with Gasteiger partial charge in [0.25, 0.3) is 0 Å². The van der Waals surface area contributed by atoms with E-state index in [2.05, 4.69) is 22.0 Å². The molecule has 19 heavy (non-hydrogen) atoms. The van der Waals surface area contributed by atoms with Crippen molar-refractivity contribution in [3.8, 4) is 6.07 Å². The number of nitrogens with zero attached hydrogens (tertiary/aromatic N) is 1. The SMILES string of the molecule is CC(C)(C#N)CCCCS(=O)c1ccc(Br)cc1N. The smallest absolute Gasteiger partial charge is 0.0683 e. The van der Waals surface area contributed by atoms with Crippen molar-refractivity contribution >= 4 is 32.4 Å². The summed E-state index contributed by atoms with van der Waals surface area (Å²) in [7, 11) is -1.06. The van der Waals surface area contributed by atoms with E-state index in [1.165, 1.54) is 0 Å². The first kappa shape index (κ1) is 16.2. The Morgan fingerprint density at radius 1 is 1.42 bits per heavy atom. The molecule has 1 aromatic carbocycles. The summed E-state index contributed by atoms with van der Waals surface area (Å²) in [6, 6.07) is 7.70. The van der Waals surface area contributed by atoms with Crippen molar-refractivity contribution in [2.24, 2.45) is 5.41 Å². The highest BCUT2D eigenvalue weighted by Crippen LogP contribution is 2.24. The first-order chi connectivity index (χ1) is 8.85. The van der Waals surface area contributed by atoms with Crippen LogP contribution in [0.25, 0.3) is 0 Å². The minimum absolute atomic E-state index is 0.294. The number of halogens is 1. The van der Waals surface area contributed by atoms with Gasteiger partial charge in [-0.05, 0) is 44.9 Å². The van der Waals surface area contributed by atoms with E-state index < -0.39 is 10.8 Å². The van der Waals surface area contributed by atoms with Crippen LogP contribution in [-0.2, 0) is 10.8 Å². The molecule has 3 nitrogen and oxygen atoms in total. The fourth-order valence-corrected chi connectivity index (χ4v) is 3.30. The van der Waals surface area contributed by atoms with E-state index in [0.29, 0.717) is 16.3 Å². The maximum Gasteiger partial charge on any atom is 0.0683 e. The summed E-state index contributed by atoms with van der Waals surface area (Å²) in [5.74, 6) is 0.591. The van der Waals surface area contributed by atoms with E-state index in [-0.39, 0.29) is 5.41 Å². The topological polar surface area (TPSA) is 66.9 Å². The Hall–Kier alpha value is -0.860. The van der Waals surface area contributed by atoms with Crippen molar-refractivity contribution in [2.75, 3.05) is 11.5 Å². The van der Waals surface area contributed by atoms with Crippen LogP contribution < -0.4 is 5.73 Å². The van der Waals surface area contributed by atoms with Gasteiger partial charge in [-0.15, -0.1) is 0 Å². The maximum atomic E-state index is 12.1. The van der Waals surface area contributed by atoms with Crippen LogP contribution in [0.2, 0.25) is 0 Å². The zero-order valence-corrected chi connectivity index (χ0v) is 13.7. The molecule has 0 heterocycles. The van der Waals surface area contributed by atoms with Gasteiger partial charge in [0.2, 0.25) is 0 Å². The Bertz CT molecular complexity index is 509. The molecule has 0 spiro atoms. The van der Waals surface area contributed by atoms with Gasteiger partial charge < -0.3 is 5.73 Å². The monoisotopic (exact) mass is 342 g/mol. The molecule has 0 saturated carbocycles. The highest BCUT2D eigenvalue weighted by Gasteiger charge is 2.16. The van der Waals surface area contributed by atoms with Crippen LogP contribution >= 0.6 is 15.9 Å². The van der Waals surface area contributed by atoms with Crippen LogP contribution in [0.4, 0.5) is 5.69 Å². The maximum absolute atomic E-state index is 12.1. The zero-order chi connectivity index (χ0) is 14.5. The Kier molecular flexibility index (Phi) is 6.02. The highest BCUT2D eigenvalue weighted by atomic mass is 79.9. The third-order valence-corrected chi connectivity index (χ3v) is 4.92. The third kappa shape index (κ3) is 5.33. The van der Waals surface area contributed by atoms with Crippen LogP contribution in [0.15, 0.2) is 27.6 Å². The van der Waals surface area contributed by atoms with Crippen molar-refractivity contribution < 1.29 is 4.21 Å². The molecule has 0 aliphatic heterocycles. The van der Waals surface area contributed by atoms with Crippen LogP contribution in [0.5, 0.6) is 0 Å². The molecular formula is C14H19BrN2OS. The summed E-state index contributed by atoms with van der Waals surface area (Å²) < 4.78 is 13.0. The van der Waals surface area contributed by atoms with Gasteiger partial charge in [0.15, 0.2) is 0 Å². The predicted molar refractivity (Wildman–Crippen MR) is 83.1 cm³/mol. The van der Waals surface area contributed by atoms with E-state index >= 15 is 0 Å². The fourth-order valence-electron chi connectivity index (χ4n) is 1.69. The molecule has 0 amide bonds. The number of benzene rings is 1. The number of anilines is 1. The summed E-state index contributed by atoms with van der Waals surface area (Å²) in [5, 5.41) is 8.91. The second-order valence-corrected chi connectivity index (χ2v) is 7.64. The third-order valence-electron chi connectivity index (χ3n) is 2.90. The largest absolute Gasteiger partial charge is 0.398 e. The summed E-state index contributed by atoms with van der Waals surface area (Å²) in [6.45, 7) is 3.85. The molecule has 0 aliphatic carbocycles. The number of nitrogens with two attached hydrogens (primary N) is 1. The van der Waals surface area contributed by atoms with E-state index in [0.717, 1.165) is 23.7 Å². The number of hydrogen-bond acceptors (Lipinski definition) is 3. The molecule has 0 saturated heterocycles. The van der Waals surface area contributed by atoms with Gasteiger partial charge in [0.05, 0.1) is 27.2 Å². The molecule has 0 bridgehead atoms. The standard InChI is InChI=1S/C14H19BrN2OS/c1-14(2,10-16)7-3-4-8-19(18)13-6-5-11(15)9-12(13)17/h5-6,9H,3-4,7-8,17H2,1-2H3. The van der Waals surface area contributed by atoms with Gasteiger partial charge in [0.1, 0.15) is 0 Å². The van der Waals surface area contributed by atoms with Gasteiger partial charge in [-0.1, -0.05) is 22.4 Å². The average Bonchev–Trinajstić information content (AvgIpc) is 2.34. The van der Waals surface area contributed by atoms with Crippen molar-refractivity contribution in [2.45, 2.75) is 38.0 Å². The van der Waals surface area contributed by atoms with Gasteiger partial charge >= 0.3 is 0 Å². The average molecular weight is 343 g/mol. The number of unbranched alkanes of at least 4 members (excludes halogenated alkanes) is 1. The quantitative estimate of drug-likeness (QED) is 0.630. The molecule has 1 unspecified atom stereocenters. The predicted octanol–water partition coefficient (Wildman–Crippen LogP) is 3.86. The number of nitrogen functional groups attached to an aromatic ring is 1. The molecule has 0 radical (unpaired) electrons. The number of nitriles is 1. The van der Waals surface area contributed by atoms with E-state index in [9.17, 15) is 4.21 Å². The lowest BCUT2D eigenvalue weighted by molar-refractivity contribution is 0.432. The molecule has 2 N–H and O–H groups in total. The molecule has 0 aliphatic rings. The number of rotatable bonds is 6. The Morgan fingerprint density at radius 3 is 2.68 bits per heavy atom. The normalized spacial score (nSPS) is 12.9. The number of hydrogen-bond donors (Lipinski definition) is 1. The minimum Gasteiger partial charge on any atom is -0.398 e. The minimum atomic E-state index is -1.06. The summed E-state index contributed by atoms with van der Waals surface area (Å²) in [4.78, 5) is 0.697. The Balaban J connectivity index is 2.46. The van der Waals surface area contributed by atoms with E-state index in [1.54, 1.807) is 12.1 Å². The molecular weight excluding hydrogens is 324 g/mol. The molecule has 0 aromatic heterocycles. The lowest BCUT2D eigenvalue weighted by Crippen LogP contribution is -2.08. The van der Waals surface area contributed by atoms with Crippen molar-refractivity contribution in [1.29, 1.82) is 5.26 Å². The van der Waals surface area contributed by atoms with Crippen LogP contribution in [-0.4, -0.2) is 9.96 Å². The van der Waals surface area contributed by atoms with Gasteiger partial charge in [-0.3, -0.25) is 4.21 Å². The lowest BCUT2D eigenvalue weighted by Gasteiger charge is -2.14. The second-order valence-electron chi connectivity index (χ2n) is 5.18. The zero-order valence-electron chi connectivity index (χ0n) is 11.3. The molecule has 1 atom stereocenters. The van der Waals surface area contributed by atoms with Crippen LogP contribution in [0.3, 0.4) is 0 Å². The molecule has 1 rings (SSSR count). The Morgan fingerprint density at radius 2 is 2.11 bits per heavy atom. The van der Waals surface area contributed by atoms with Gasteiger partial charge in [-0.25, -0.2) is 0 Å². The first-order valence-corrected chi connectivity index (χ1v) is 8.31. The van der Waals surface area contributed by atoms with E-state index in [1.807, 2.05) is 19.9 Å². The lowest BCUT2D eigenvalue weighted by atomic mass is 9.89. The van der Waals surface area contributed by atoms with Crippen molar-refractivity contribution in [3.63, 3.8) is 0 Å². The van der Waals surface area contributed by atoms with Crippen molar-refractivity contribution in [1.82, 2.24) is 0 Å². The second kappa shape index (κ2) is 7.06. The van der Waals surface area contributed by atoms with Crippen molar-refractivity contribution in [3.05, 3.63) is 22.7 Å². The molecule has 0 fully saturated rings. The fraction of sp³-hybridized carbons (Fsp3) is 0.500.